The Morgan fingerprint density at radius 2 is 2.00 bits per heavy atom. The summed E-state index contributed by atoms with van der Waals surface area (Å²) in [4.78, 5) is 26.5. The van der Waals surface area contributed by atoms with E-state index in [9.17, 15) is 9.59 Å². The molecule has 0 unspecified atom stereocenters. The minimum atomic E-state index is -0.276. The van der Waals surface area contributed by atoms with E-state index in [1.165, 1.54) is 0 Å². The Balaban J connectivity index is 1.45. The number of nitrogens with one attached hydrogen (secondary N) is 1. The van der Waals surface area contributed by atoms with Crippen LogP contribution in [0.4, 0.5) is 4.79 Å². The first-order valence-corrected chi connectivity index (χ1v) is 9.34. The van der Waals surface area contributed by atoms with Gasteiger partial charge in [0, 0.05) is 43.1 Å². The van der Waals surface area contributed by atoms with Crippen LogP contribution in [0.3, 0.4) is 0 Å². The van der Waals surface area contributed by atoms with E-state index in [4.69, 9.17) is 14.2 Å². The van der Waals surface area contributed by atoms with Crippen LogP contribution in [0, 0.1) is 0 Å². The molecule has 7 heteroatoms. The number of amides is 2. The Morgan fingerprint density at radius 3 is 2.77 bits per heavy atom. The van der Waals surface area contributed by atoms with Crippen molar-refractivity contribution in [3.05, 3.63) is 22.8 Å². The molecule has 0 aromatic heterocycles. The normalized spacial score (nSPS) is 18.6. The Morgan fingerprint density at radius 1 is 1.23 bits per heavy atom. The highest BCUT2D eigenvalue weighted by molar-refractivity contribution is 6.00. The van der Waals surface area contributed by atoms with Crippen molar-refractivity contribution in [2.24, 2.45) is 0 Å². The van der Waals surface area contributed by atoms with Crippen molar-refractivity contribution in [2.45, 2.75) is 38.6 Å². The summed E-state index contributed by atoms with van der Waals surface area (Å²) in [5, 5.41) is 3.13. The molecule has 0 aliphatic carbocycles. The summed E-state index contributed by atoms with van der Waals surface area (Å²) in [6.45, 7) is 4.57. The maximum absolute atomic E-state index is 13.0. The monoisotopic (exact) mass is 360 g/mol. The standard InChI is InChI=1S/C19H24N2O5/c1-2-24-19(23)21-7-3-13(4-8-21)20-18(22)16-14-6-10-25-15(14)11-12-5-9-26-17(12)16/h11,13H,2-10H2,1H3,(H,20,22). The van der Waals surface area contributed by atoms with Crippen LogP contribution in [0.2, 0.25) is 0 Å². The molecule has 0 saturated carbocycles. The summed E-state index contributed by atoms with van der Waals surface area (Å²) in [7, 11) is 0. The van der Waals surface area contributed by atoms with Gasteiger partial charge in [0.05, 0.1) is 25.4 Å². The fourth-order valence-electron chi connectivity index (χ4n) is 3.90. The fourth-order valence-corrected chi connectivity index (χ4v) is 3.90. The van der Waals surface area contributed by atoms with Gasteiger partial charge in [-0.05, 0) is 25.8 Å². The highest BCUT2D eigenvalue weighted by atomic mass is 16.6. The van der Waals surface area contributed by atoms with Crippen LogP contribution in [0.15, 0.2) is 6.07 Å². The molecule has 2 amide bonds. The van der Waals surface area contributed by atoms with Crippen LogP contribution in [0.5, 0.6) is 11.5 Å². The third-order valence-electron chi connectivity index (χ3n) is 5.23. The molecule has 26 heavy (non-hydrogen) atoms. The molecule has 0 spiro atoms. The fraction of sp³-hybridized carbons (Fsp3) is 0.579. The maximum atomic E-state index is 13.0. The molecule has 0 atom stereocenters. The summed E-state index contributed by atoms with van der Waals surface area (Å²) in [5.74, 6) is 1.44. The van der Waals surface area contributed by atoms with Gasteiger partial charge in [0.15, 0.2) is 0 Å². The van der Waals surface area contributed by atoms with E-state index in [2.05, 4.69) is 5.32 Å². The van der Waals surface area contributed by atoms with Crippen LogP contribution in [-0.4, -0.2) is 55.9 Å². The van der Waals surface area contributed by atoms with E-state index in [0.717, 1.165) is 48.3 Å². The van der Waals surface area contributed by atoms with Gasteiger partial charge in [0.25, 0.3) is 5.91 Å². The van der Waals surface area contributed by atoms with Crippen molar-refractivity contribution < 1.29 is 23.8 Å². The highest BCUT2D eigenvalue weighted by Crippen LogP contribution is 2.40. The Bertz CT molecular complexity index is 693. The third-order valence-corrected chi connectivity index (χ3v) is 5.23. The van der Waals surface area contributed by atoms with Gasteiger partial charge in [0.2, 0.25) is 0 Å². The van der Waals surface area contributed by atoms with E-state index in [1.54, 1.807) is 11.8 Å². The minimum Gasteiger partial charge on any atom is -0.493 e. The average Bonchev–Trinajstić information content (AvgIpc) is 3.28. The Kier molecular flexibility index (Phi) is 4.61. The first-order valence-electron chi connectivity index (χ1n) is 9.34. The van der Waals surface area contributed by atoms with Gasteiger partial charge in [-0.25, -0.2) is 4.79 Å². The molecule has 0 bridgehead atoms. The topological polar surface area (TPSA) is 77.1 Å². The van der Waals surface area contributed by atoms with Crippen molar-refractivity contribution in [1.29, 1.82) is 0 Å². The van der Waals surface area contributed by atoms with Crippen LogP contribution in [0.25, 0.3) is 0 Å². The molecule has 0 radical (unpaired) electrons. The summed E-state index contributed by atoms with van der Waals surface area (Å²) in [6.07, 6.45) is 2.71. The van der Waals surface area contributed by atoms with Gasteiger partial charge in [-0.1, -0.05) is 0 Å². The maximum Gasteiger partial charge on any atom is 0.409 e. The minimum absolute atomic E-state index is 0.0448. The van der Waals surface area contributed by atoms with Gasteiger partial charge < -0.3 is 24.4 Å². The molecule has 3 heterocycles. The summed E-state index contributed by atoms with van der Waals surface area (Å²) < 4.78 is 16.5. The molecule has 7 nitrogen and oxygen atoms in total. The van der Waals surface area contributed by atoms with E-state index in [0.29, 0.717) is 38.5 Å². The summed E-state index contributed by atoms with van der Waals surface area (Å²) in [5.41, 5.74) is 2.64. The van der Waals surface area contributed by atoms with Crippen LogP contribution < -0.4 is 14.8 Å². The number of fused-ring (bicyclic) bond motifs is 2. The van der Waals surface area contributed by atoms with Crippen molar-refractivity contribution in [3.8, 4) is 11.5 Å². The highest BCUT2D eigenvalue weighted by Gasteiger charge is 2.32. The van der Waals surface area contributed by atoms with Crippen LogP contribution >= 0.6 is 0 Å². The smallest absolute Gasteiger partial charge is 0.409 e. The SMILES string of the molecule is CCOC(=O)N1CCC(NC(=O)c2c3c(cc4c2OCC4)OCC3)CC1. The van der Waals surface area contributed by atoms with E-state index < -0.39 is 0 Å². The van der Waals surface area contributed by atoms with Gasteiger partial charge >= 0.3 is 6.09 Å². The molecule has 3 aliphatic heterocycles. The zero-order valence-corrected chi connectivity index (χ0v) is 15.0. The number of likely N-dealkylation sites (tertiary alicyclic amines) is 1. The Labute approximate surface area is 152 Å². The van der Waals surface area contributed by atoms with E-state index >= 15 is 0 Å². The van der Waals surface area contributed by atoms with Crippen molar-refractivity contribution in [3.63, 3.8) is 0 Å². The lowest BCUT2D eigenvalue weighted by molar-refractivity contribution is 0.0857. The molecule has 1 aromatic rings. The number of rotatable bonds is 3. The Hall–Kier alpha value is -2.44. The summed E-state index contributed by atoms with van der Waals surface area (Å²) in [6, 6.07) is 2.06. The third kappa shape index (κ3) is 3.06. The second-order valence-corrected chi connectivity index (χ2v) is 6.85. The van der Waals surface area contributed by atoms with Gasteiger partial charge in [-0.3, -0.25) is 4.79 Å². The van der Waals surface area contributed by atoms with Gasteiger partial charge in [0.1, 0.15) is 11.5 Å². The largest absolute Gasteiger partial charge is 0.493 e. The molecular formula is C19H24N2O5. The molecule has 1 aromatic carbocycles. The lowest BCUT2D eigenvalue weighted by Gasteiger charge is -2.31. The molecule has 3 aliphatic rings. The summed E-state index contributed by atoms with van der Waals surface area (Å²) >= 11 is 0. The van der Waals surface area contributed by atoms with Gasteiger partial charge in [-0.15, -0.1) is 0 Å². The first kappa shape index (κ1) is 17.0. The van der Waals surface area contributed by atoms with Crippen LogP contribution in [-0.2, 0) is 17.6 Å². The number of carbonyl (C=O) groups excluding carboxylic acids is 2. The second kappa shape index (κ2) is 7.05. The molecule has 4 rings (SSSR count). The van der Waals surface area contributed by atoms with Crippen molar-refractivity contribution >= 4 is 12.0 Å². The zero-order chi connectivity index (χ0) is 18.1. The lowest BCUT2D eigenvalue weighted by atomic mass is 9.98. The number of piperidine rings is 1. The molecular weight excluding hydrogens is 336 g/mol. The second-order valence-electron chi connectivity index (χ2n) is 6.85. The molecule has 1 N–H and O–H groups in total. The molecule has 140 valence electrons. The predicted molar refractivity (Wildman–Crippen MR) is 93.9 cm³/mol. The van der Waals surface area contributed by atoms with E-state index in [-0.39, 0.29) is 18.0 Å². The van der Waals surface area contributed by atoms with Crippen molar-refractivity contribution in [2.75, 3.05) is 32.9 Å². The van der Waals surface area contributed by atoms with Crippen LogP contribution in [0.1, 0.15) is 41.3 Å². The molecule has 1 fully saturated rings. The quantitative estimate of drug-likeness (QED) is 0.891. The molecule has 1 saturated heterocycles. The first-order chi connectivity index (χ1) is 12.7. The van der Waals surface area contributed by atoms with Gasteiger partial charge in [-0.2, -0.15) is 0 Å². The zero-order valence-electron chi connectivity index (χ0n) is 15.0. The van der Waals surface area contributed by atoms with Crippen molar-refractivity contribution in [1.82, 2.24) is 10.2 Å². The number of carbonyl (C=O) groups is 2. The number of benzene rings is 1. The van der Waals surface area contributed by atoms with E-state index in [1.807, 2.05) is 6.07 Å². The number of hydrogen-bond acceptors (Lipinski definition) is 5. The lowest BCUT2D eigenvalue weighted by Crippen LogP contribution is -2.46. The number of hydrogen-bond donors (Lipinski definition) is 1. The number of ether oxygens (including phenoxy) is 3. The predicted octanol–water partition coefficient (Wildman–Crippen LogP) is 1.91. The average molecular weight is 360 g/mol. The number of nitrogens with zero attached hydrogens (tertiary/aromatic N) is 1.